The maximum absolute atomic E-state index is 10.6. The third-order valence-corrected chi connectivity index (χ3v) is 2.77. The molecule has 1 aromatic carbocycles. The Morgan fingerprint density at radius 2 is 2.05 bits per heavy atom. The number of nitrogens with zero attached hydrogens (tertiary/aromatic N) is 4. The van der Waals surface area contributed by atoms with E-state index >= 15 is 0 Å². The number of carbonyl (C=O) groups is 1. The van der Waals surface area contributed by atoms with Crippen LogP contribution in [0.5, 0.6) is 0 Å². The van der Waals surface area contributed by atoms with E-state index in [1.165, 1.54) is 6.08 Å². The minimum Gasteiger partial charge on any atom is -0.478 e. The quantitative estimate of drug-likeness (QED) is 0.732. The first-order valence-electron chi connectivity index (χ1n) is 5.92. The Balaban J connectivity index is 2.17. The normalized spacial score (nSPS) is 11.2. The van der Waals surface area contributed by atoms with Gasteiger partial charge in [-0.15, -0.1) is 5.10 Å². The van der Waals surface area contributed by atoms with Crippen molar-refractivity contribution in [3.63, 3.8) is 0 Å². The minimum atomic E-state index is -1.01. The second kappa shape index (κ2) is 4.93. The van der Waals surface area contributed by atoms with Crippen LogP contribution in [0.4, 0.5) is 0 Å². The minimum absolute atomic E-state index is 0.540. The van der Waals surface area contributed by atoms with Crippen LogP contribution in [0.1, 0.15) is 5.56 Å². The number of hydrogen-bond acceptors (Lipinski definition) is 4. The van der Waals surface area contributed by atoms with Gasteiger partial charge in [0, 0.05) is 17.8 Å². The van der Waals surface area contributed by atoms with Gasteiger partial charge >= 0.3 is 5.97 Å². The molecule has 0 spiro atoms. The van der Waals surface area contributed by atoms with E-state index in [1.54, 1.807) is 23.0 Å². The highest BCUT2D eigenvalue weighted by Gasteiger charge is 2.09. The van der Waals surface area contributed by atoms with Crippen LogP contribution in [0.3, 0.4) is 0 Å². The molecular formula is C14H10N4O2. The number of aliphatic carboxylic acids is 1. The average molecular weight is 266 g/mol. The van der Waals surface area contributed by atoms with Crippen molar-refractivity contribution in [1.82, 2.24) is 20.0 Å². The SMILES string of the molecule is O=C(O)/C=C/c1cccnc1-n1nnc2ccccc21. The van der Waals surface area contributed by atoms with Gasteiger partial charge in [-0.1, -0.05) is 17.3 Å². The van der Waals surface area contributed by atoms with E-state index in [-0.39, 0.29) is 0 Å². The van der Waals surface area contributed by atoms with Crippen molar-refractivity contribution in [3.8, 4) is 5.82 Å². The average Bonchev–Trinajstić information content (AvgIpc) is 2.89. The number of carboxylic acids is 1. The van der Waals surface area contributed by atoms with Gasteiger partial charge in [-0.05, 0) is 30.3 Å². The Morgan fingerprint density at radius 1 is 1.20 bits per heavy atom. The van der Waals surface area contributed by atoms with E-state index in [2.05, 4.69) is 15.3 Å². The first kappa shape index (κ1) is 12.0. The van der Waals surface area contributed by atoms with Gasteiger partial charge in [-0.3, -0.25) is 0 Å². The number of fused-ring (bicyclic) bond motifs is 1. The van der Waals surface area contributed by atoms with Gasteiger partial charge in [0.05, 0.1) is 5.52 Å². The van der Waals surface area contributed by atoms with Crippen molar-refractivity contribution >= 4 is 23.1 Å². The fourth-order valence-corrected chi connectivity index (χ4v) is 1.90. The van der Waals surface area contributed by atoms with E-state index in [4.69, 9.17) is 5.11 Å². The molecule has 20 heavy (non-hydrogen) atoms. The lowest BCUT2D eigenvalue weighted by Crippen LogP contribution is -2.02. The van der Waals surface area contributed by atoms with E-state index in [1.807, 2.05) is 24.3 Å². The molecule has 0 bridgehead atoms. The van der Waals surface area contributed by atoms with E-state index in [0.29, 0.717) is 11.4 Å². The van der Waals surface area contributed by atoms with Gasteiger partial charge in [-0.2, -0.15) is 4.68 Å². The maximum atomic E-state index is 10.6. The van der Waals surface area contributed by atoms with E-state index in [0.717, 1.165) is 17.1 Å². The molecule has 2 aromatic heterocycles. The molecule has 0 radical (unpaired) electrons. The van der Waals surface area contributed by atoms with Gasteiger partial charge in [0.25, 0.3) is 0 Å². The molecule has 98 valence electrons. The third kappa shape index (κ3) is 2.14. The van der Waals surface area contributed by atoms with E-state index in [9.17, 15) is 4.79 Å². The van der Waals surface area contributed by atoms with Crippen LogP contribution in [0.15, 0.2) is 48.7 Å². The molecule has 0 aliphatic rings. The molecule has 1 N–H and O–H groups in total. The zero-order valence-electron chi connectivity index (χ0n) is 10.3. The number of hydrogen-bond donors (Lipinski definition) is 1. The molecule has 0 saturated carbocycles. The molecular weight excluding hydrogens is 256 g/mol. The number of pyridine rings is 1. The van der Waals surface area contributed by atoms with Crippen LogP contribution in [0.2, 0.25) is 0 Å². The highest BCUT2D eigenvalue weighted by atomic mass is 16.4. The summed E-state index contributed by atoms with van der Waals surface area (Å²) >= 11 is 0. The fraction of sp³-hybridized carbons (Fsp3) is 0. The zero-order valence-corrected chi connectivity index (χ0v) is 10.3. The summed E-state index contributed by atoms with van der Waals surface area (Å²) in [5.41, 5.74) is 2.23. The summed E-state index contributed by atoms with van der Waals surface area (Å²) < 4.78 is 1.59. The lowest BCUT2D eigenvalue weighted by Gasteiger charge is -2.04. The number of benzene rings is 1. The third-order valence-electron chi connectivity index (χ3n) is 2.77. The van der Waals surface area contributed by atoms with Crippen LogP contribution < -0.4 is 0 Å². The predicted molar refractivity (Wildman–Crippen MR) is 73.3 cm³/mol. The lowest BCUT2D eigenvalue weighted by molar-refractivity contribution is -0.131. The van der Waals surface area contributed by atoms with Crippen molar-refractivity contribution in [1.29, 1.82) is 0 Å². The zero-order chi connectivity index (χ0) is 13.9. The molecule has 0 aliphatic carbocycles. The summed E-state index contributed by atoms with van der Waals surface area (Å²) in [6.07, 6.45) is 4.19. The van der Waals surface area contributed by atoms with Crippen LogP contribution in [-0.2, 0) is 4.79 Å². The summed E-state index contributed by atoms with van der Waals surface area (Å²) in [6.45, 7) is 0. The Morgan fingerprint density at radius 3 is 2.90 bits per heavy atom. The number of aromatic nitrogens is 4. The fourth-order valence-electron chi connectivity index (χ4n) is 1.90. The number of para-hydroxylation sites is 1. The lowest BCUT2D eigenvalue weighted by atomic mass is 10.2. The smallest absolute Gasteiger partial charge is 0.328 e. The molecule has 0 fully saturated rings. The standard InChI is InChI=1S/C14H10N4O2/c19-13(20)8-7-10-4-3-9-15-14(10)18-12-6-2-1-5-11(12)16-17-18/h1-9H,(H,19,20)/b8-7+. The first-order chi connectivity index (χ1) is 9.75. The van der Waals surface area contributed by atoms with Crippen molar-refractivity contribution in [2.75, 3.05) is 0 Å². The highest BCUT2D eigenvalue weighted by Crippen LogP contribution is 2.18. The van der Waals surface area contributed by atoms with Crippen molar-refractivity contribution < 1.29 is 9.90 Å². The van der Waals surface area contributed by atoms with Crippen molar-refractivity contribution in [2.24, 2.45) is 0 Å². The summed E-state index contributed by atoms with van der Waals surface area (Å²) in [7, 11) is 0. The van der Waals surface area contributed by atoms with Crippen LogP contribution in [-0.4, -0.2) is 31.1 Å². The van der Waals surface area contributed by atoms with Crippen LogP contribution in [0.25, 0.3) is 22.9 Å². The largest absolute Gasteiger partial charge is 0.478 e. The van der Waals surface area contributed by atoms with Crippen LogP contribution in [0, 0.1) is 0 Å². The molecule has 0 amide bonds. The van der Waals surface area contributed by atoms with Crippen molar-refractivity contribution in [2.45, 2.75) is 0 Å². The molecule has 2 heterocycles. The molecule has 0 saturated heterocycles. The van der Waals surface area contributed by atoms with Gasteiger partial charge in [0.15, 0.2) is 5.82 Å². The Kier molecular flexibility index (Phi) is 2.96. The molecule has 6 nitrogen and oxygen atoms in total. The summed E-state index contributed by atoms with van der Waals surface area (Å²) in [5, 5.41) is 16.9. The van der Waals surface area contributed by atoms with Gasteiger partial charge in [-0.25, -0.2) is 9.78 Å². The second-order valence-electron chi connectivity index (χ2n) is 4.08. The van der Waals surface area contributed by atoms with Gasteiger partial charge in [0.1, 0.15) is 5.52 Å². The number of carboxylic acid groups (broad SMARTS) is 1. The Labute approximate surface area is 114 Å². The summed E-state index contributed by atoms with van der Waals surface area (Å²) in [6, 6.07) is 11.0. The van der Waals surface area contributed by atoms with Gasteiger partial charge in [0.2, 0.25) is 0 Å². The molecule has 3 aromatic rings. The van der Waals surface area contributed by atoms with E-state index < -0.39 is 5.97 Å². The highest BCUT2D eigenvalue weighted by molar-refractivity contribution is 5.86. The molecule has 0 aliphatic heterocycles. The molecule has 6 heteroatoms. The Bertz CT molecular complexity index is 808. The predicted octanol–water partition coefficient (Wildman–Crippen LogP) is 1.91. The summed E-state index contributed by atoms with van der Waals surface area (Å²) in [4.78, 5) is 14.9. The monoisotopic (exact) mass is 266 g/mol. The van der Waals surface area contributed by atoms with Crippen molar-refractivity contribution in [3.05, 3.63) is 54.2 Å². The maximum Gasteiger partial charge on any atom is 0.328 e. The van der Waals surface area contributed by atoms with Crippen LogP contribution >= 0.6 is 0 Å². The molecule has 3 rings (SSSR count). The second-order valence-corrected chi connectivity index (χ2v) is 4.08. The summed E-state index contributed by atoms with van der Waals surface area (Å²) in [5.74, 6) is -0.470. The number of rotatable bonds is 3. The first-order valence-corrected chi connectivity index (χ1v) is 5.92. The topological polar surface area (TPSA) is 80.9 Å². The molecule has 0 unspecified atom stereocenters. The molecule has 0 atom stereocenters. The Hall–Kier alpha value is -3.02. The van der Waals surface area contributed by atoms with Gasteiger partial charge < -0.3 is 5.11 Å².